The number of hydrogen-bond donors (Lipinski definition) is 1. The summed E-state index contributed by atoms with van der Waals surface area (Å²) in [6.07, 6.45) is 8.23. The zero-order chi connectivity index (χ0) is 17.3. The molecule has 3 fully saturated rings. The van der Waals surface area contributed by atoms with E-state index in [0.29, 0.717) is 21.8 Å². The van der Waals surface area contributed by atoms with Gasteiger partial charge in [-0.15, -0.1) is 0 Å². The molecule has 1 saturated carbocycles. The molecule has 0 unspecified atom stereocenters. The van der Waals surface area contributed by atoms with Gasteiger partial charge in [0, 0.05) is 24.7 Å². The highest BCUT2D eigenvalue weighted by atomic mass is 35.5. The van der Waals surface area contributed by atoms with Crippen molar-refractivity contribution in [2.24, 2.45) is 5.41 Å². The van der Waals surface area contributed by atoms with Crippen molar-refractivity contribution < 1.29 is 9.53 Å². The first kappa shape index (κ1) is 17.2. The molecule has 1 aromatic carbocycles. The van der Waals surface area contributed by atoms with Gasteiger partial charge in [-0.3, -0.25) is 4.79 Å². The Balaban J connectivity index is 1.48. The minimum Gasteiger partial charge on any atom is -0.490 e. The lowest BCUT2D eigenvalue weighted by molar-refractivity contribution is 0.0601. The molecule has 25 heavy (non-hydrogen) atoms. The predicted molar refractivity (Wildman–Crippen MR) is 99.4 cm³/mol. The molecule has 2 saturated heterocycles. The third-order valence-corrected chi connectivity index (χ3v) is 6.45. The number of piperidine rings is 1. The van der Waals surface area contributed by atoms with E-state index in [2.05, 4.69) is 5.32 Å². The van der Waals surface area contributed by atoms with Crippen LogP contribution in [0.25, 0.3) is 0 Å². The van der Waals surface area contributed by atoms with Gasteiger partial charge in [-0.05, 0) is 75.1 Å². The van der Waals surface area contributed by atoms with Crippen LogP contribution in [0.15, 0.2) is 18.2 Å². The fraction of sp³-hybridized carbons (Fsp3) is 0.650. The van der Waals surface area contributed by atoms with E-state index in [1.54, 1.807) is 6.07 Å². The number of halogens is 1. The van der Waals surface area contributed by atoms with Gasteiger partial charge in [-0.2, -0.15) is 0 Å². The van der Waals surface area contributed by atoms with Crippen LogP contribution in [0.1, 0.15) is 55.3 Å². The molecule has 0 radical (unpaired) electrons. The number of hydrogen-bond acceptors (Lipinski definition) is 3. The van der Waals surface area contributed by atoms with Crippen LogP contribution >= 0.6 is 11.6 Å². The molecule has 1 aromatic rings. The second-order valence-corrected chi connectivity index (χ2v) is 8.32. The molecule has 0 bridgehead atoms. The summed E-state index contributed by atoms with van der Waals surface area (Å²) in [7, 11) is 0. The molecule has 2 heterocycles. The number of nitrogens with zero attached hydrogens (tertiary/aromatic N) is 1. The van der Waals surface area contributed by atoms with E-state index in [1.165, 1.54) is 19.3 Å². The van der Waals surface area contributed by atoms with E-state index < -0.39 is 0 Å². The molecule has 3 aliphatic rings. The van der Waals surface area contributed by atoms with Gasteiger partial charge < -0.3 is 15.0 Å². The molecule has 0 atom stereocenters. The van der Waals surface area contributed by atoms with Crippen LogP contribution in [-0.2, 0) is 0 Å². The zero-order valence-electron chi connectivity index (χ0n) is 14.7. The molecule has 1 N–H and O–H groups in total. The summed E-state index contributed by atoms with van der Waals surface area (Å²) in [5.74, 6) is 0.764. The Bertz CT molecular complexity index is 627. The van der Waals surface area contributed by atoms with Crippen molar-refractivity contribution in [3.05, 3.63) is 28.8 Å². The van der Waals surface area contributed by atoms with Crippen LogP contribution in [0.4, 0.5) is 0 Å². The van der Waals surface area contributed by atoms with Gasteiger partial charge in [-0.1, -0.05) is 11.6 Å². The number of ether oxygens (including phenoxy) is 1. The largest absolute Gasteiger partial charge is 0.490 e. The fourth-order valence-corrected chi connectivity index (χ4v) is 4.71. The normalized spacial score (nSPS) is 23.3. The molecule has 1 aliphatic carbocycles. The average molecular weight is 363 g/mol. The number of carbonyl (C=O) groups excluding carboxylic acids is 1. The Hall–Kier alpha value is -1.26. The Morgan fingerprint density at radius 3 is 2.64 bits per heavy atom. The molecule has 1 amide bonds. The summed E-state index contributed by atoms with van der Waals surface area (Å²) in [4.78, 5) is 15.1. The van der Waals surface area contributed by atoms with Crippen molar-refractivity contribution >= 4 is 17.5 Å². The highest BCUT2D eigenvalue weighted by Crippen LogP contribution is 2.38. The van der Waals surface area contributed by atoms with Gasteiger partial charge in [0.2, 0.25) is 0 Å². The van der Waals surface area contributed by atoms with E-state index in [0.717, 1.165) is 51.9 Å². The molecule has 4 rings (SSSR count). The van der Waals surface area contributed by atoms with Crippen LogP contribution in [0.5, 0.6) is 5.75 Å². The summed E-state index contributed by atoms with van der Waals surface area (Å²) in [6.45, 7) is 3.87. The number of rotatable bonds is 3. The van der Waals surface area contributed by atoms with Gasteiger partial charge in [0.1, 0.15) is 5.75 Å². The molecule has 1 spiro atoms. The van der Waals surface area contributed by atoms with Gasteiger partial charge in [0.15, 0.2) is 0 Å². The van der Waals surface area contributed by atoms with E-state index in [-0.39, 0.29) is 12.0 Å². The lowest BCUT2D eigenvalue weighted by Crippen LogP contribution is -2.44. The van der Waals surface area contributed by atoms with Crippen LogP contribution < -0.4 is 10.1 Å². The van der Waals surface area contributed by atoms with Crippen molar-refractivity contribution in [1.82, 2.24) is 10.2 Å². The van der Waals surface area contributed by atoms with Gasteiger partial charge >= 0.3 is 0 Å². The lowest BCUT2D eigenvalue weighted by atomic mass is 9.78. The Morgan fingerprint density at radius 2 is 1.96 bits per heavy atom. The second kappa shape index (κ2) is 7.16. The summed E-state index contributed by atoms with van der Waals surface area (Å²) in [5, 5.41) is 4.07. The number of likely N-dealkylation sites (tertiary alicyclic amines) is 1. The second-order valence-electron chi connectivity index (χ2n) is 7.88. The molecular formula is C20H27ClN2O2. The van der Waals surface area contributed by atoms with Crippen molar-refractivity contribution in [3.8, 4) is 5.75 Å². The third kappa shape index (κ3) is 3.65. The molecule has 0 aromatic heterocycles. The minimum absolute atomic E-state index is 0.0660. The van der Waals surface area contributed by atoms with E-state index in [9.17, 15) is 4.79 Å². The highest BCUT2D eigenvalue weighted by molar-refractivity contribution is 6.31. The van der Waals surface area contributed by atoms with E-state index in [1.807, 2.05) is 17.0 Å². The number of nitrogens with one attached hydrogen (secondary N) is 1. The monoisotopic (exact) mass is 362 g/mol. The van der Waals surface area contributed by atoms with E-state index in [4.69, 9.17) is 16.3 Å². The standard InChI is InChI=1S/C20H27ClN2O2/c21-15-5-6-18(25-16-3-1-2-4-16)17(13-15)19(24)23-11-8-20(9-12-23)7-10-22-14-20/h5-6,13,16,22H,1-4,7-12,14H2. The molecule has 2 aliphatic heterocycles. The summed E-state index contributed by atoms with van der Waals surface area (Å²) >= 11 is 6.18. The predicted octanol–water partition coefficient (Wildman–Crippen LogP) is 3.88. The van der Waals surface area contributed by atoms with Crippen molar-refractivity contribution in [3.63, 3.8) is 0 Å². The van der Waals surface area contributed by atoms with Crippen molar-refractivity contribution in [2.45, 2.75) is 51.0 Å². The zero-order valence-corrected chi connectivity index (χ0v) is 15.5. The minimum atomic E-state index is 0.0660. The topological polar surface area (TPSA) is 41.6 Å². The SMILES string of the molecule is O=C(c1cc(Cl)ccc1OC1CCCC1)N1CCC2(CCNC2)CC1. The Kier molecular flexibility index (Phi) is 4.92. The van der Waals surface area contributed by atoms with Crippen LogP contribution in [0.2, 0.25) is 5.02 Å². The average Bonchev–Trinajstić information content (AvgIpc) is 3.29. The summed E-state index contributed by atoms with van der Waals surface area (Å²) < 4.78 is 6.15. The van der Waals surface area contributed by atoms with Gasteiger partial charge in [0.25, 0.3) is 5.91 Å². The fourth-order valence-electron chi connectivity index (χ4n) is 4.53. The molecule has 4 nitrogen and oxygen atoms in total. The van der Waals surface area contributed by atoms with E-state index >= 15 is 0 Å². The number of carbonyl (C=O) groups is 1. The summed E-state index contributed by atoms with van der Waals surface area (Å²) in [6, 6.07) is 5.45. The van der Waals surface area contributed by atoms with Crippen molar-refractivity contribution in [1.29, 1.82) is 0 Å². The van der Waals surface area contributed by atoms with Crippen LogP contribution in [0.3, 0.4) is 0 Å². The molecule has 136 valence electrons. The Morgan fingerprint density at radius 1 is 1.20 bits per heavy atom. The maximum Gasteiger partial charge on any atom is 0.257 e. The third-order valence-electron chi connectivity index (χ3n) is 6.21. The quantitative estimate of drug-likeness (QED) is 0.887. The summed E-state index contributed by atoms with van der Waals surface area (Å²) in [5.41, 5.74) is 1.04. The van der Waals surface area contributed by atoms with Crippen LogP contribution in [-0.4, -0.2) is 43.1 Å². The van der Waals surface area contributed by atoms with Crippen LogP contribution in [0, 0.1) is 5.41 Å². The smallest absolute Gasteiger partial charge is 0.257 e. The first-order valence-electron chi connectivity index (χ1n) is 9.61. The first-order chi connectivity index (χ1) is 12.2. The highest BCUT2D eigenvalue weighted by Gasteiger charge is 2.38. The number of benzene rings is 1. The lowest BCUT2D eigenvalue weighted by Gasteiger charge is -2.39. The van der Waals surface area contributed by atoms with Gasteiger partial charge in [0.05, 0.1) is 11.7 Å². The Labute approximate surface area is 154 Å². The maximum atomic E-state index is 13.1. The number of amides is 1. The molecule has 5 heteroatoms. The van der Waals surface area contributed by atoms with Gasteiger partial charge in [-0.25, -0.2) is 0 Å². The van der Waals surface area contributed by atoms with Crippen molar-refractivity contribution in [2.75, 3.05) is 26.2 Å². The first-order valence-corrected chi connectivity index (χ1v) is 9.99. The maximum absolute atomic E-state index is 13.1. The molecular weight excluding hydrogens is 336 g/mol.